The molecule has 0 atom stereocenters. The largest absolute Gasteiger partial charge is 0.456 e. The van der Waals surface area contributed by atoms with Gasteiger partial charge in [0.2, 0.25) is 0 Å². The summed E-state index contributed by atoms with van der Waals surface area (Å²) in [4.78, 5) is 0. The zero-order valence-electron chi connectivity index (χ0n) is 14.1. The average Bonchev–Trinajstić information content (AvgIpc) is 3.07. The molecule has 0 saturated carbocycles. The molecule has 5 rings (SSSR count). The number of anilines is 1. The molecule has 0 saturated heterocycles. The Bertz CT molecular complexity index is 1230. The van der Waals surface area contributed by atoms with Crippen LogP contribution in [0.2, 0.25) is 0 Å². The van der Waals surface area contributed by atoms with Crippen LogP contribution >= 0.6 is 0 Å². The second-order valence-electron chi connectivity index (χ2n) is 6.48. The van der Waals surface area contributed by atoms with E-state index in [1.54, 1.807) is 0 Å². The lowest BCUT2D eigenvalue weighted by Gasteiger charge is -2.08. The fourth-order valence-electron chi connectivity index (χ4n) is 3.56. The Balaban J connectivity index is 1.73. The Hall–Kier alpha value is -3.52. The Morgan fingerprint density at radius 3 is 2.19 bits per heavy atom. The third kappa shape index (κ3) is 2.35. The first kappa shape index (κ1) is 14.8. The van der Waals surface area contributed by atoms with Crippen molar-refractivity contribution in [1.29, 1.82) is 0 Å². The lowest BCUT2D eigenvalue weighted by molar-refractivity contribution is 0.669. The van der Waals surface area contributed by atoms with Crippen molar-refractivity contribution in [2.45, 2.75) is 0 Å². The lowest BCUT2D eigenvalue weighted by Crippen LogP contribution is -1.85. The van der Waals surface area contributed by atoms with E-state index in [0.717, 1.165) is 33.2 Å². The van der Waals surface area contributed by atoms with Gasteiger partial charge in [-0.05, 0) is 52.6 Å². The van der Waals surface area contributed by atoms with Gasteiger partial charge in [0.05, 0.1) is 0 Å². The summed E-state index contributed by atoms with van der Waals surface area (Å²) in [6.07, 6.45) is 0. The number of benzene rings is 4. The van der Waals surface area contributed by atoms with Crippen LogP contribution in [0.4, 0.5) is 5.69 Å². The molecule has 0 radical (unpaired) electrons. The predicted molar refractivity (Wildman–Crippen MR) is 109 cm³/mol. The van der Waals surface area contributed by atoms with Crippen molar-refractivity contribution < 1.29 is 4.42 Å². The van der Waals surface area contributed by atoms with Crippen LogP contribution in [-0.4, -0.2) is 0 Å². The van der Waals surface area contributed by atoms with Crippen molar-refractivity contribution in [2.24, 2.45) is 0 Å². The van der Waals surface area contributed by atoms with Crippen LogP contribution in [0.1, 0.15) is 0 Å². The Labute approximate surface area is 151 Å². The van der Waals surface area contributed by atoms with Gasteiger partial charge in [-0.25, -0.2) is 0 Å². The maximum atomic E-state index is 6.03. The standard InChI is InChI=1S/C24H17NO/c25-19-13-11-16(12-14-19)17-5-3-6-18(15-17)20-8-4-10-23-24(20)21-7-1-2-9-22(21)26-23/h1-15H,25H2. The maximum absolute atomic E-state index is 6.03. The normalized spacial score (nSPS) is 11.2. The van der Waals surface area contributed by atoms with Crippen molar-refractivity contribution in [1.82, 2.24) is 0 Å². The molecule has 0 bridgehead atoms. The minimum Gasteiger partial charge on any atom is -0.456 e. The third-order valence-electron chi connectivity index (χ3n) is 4.82. The highest BCUT2D eigenvalue weighted by Gasteiger charge is 2.12. The van der Waals surface area contributed by atoms with Crippen molar-refractivity contribution >= 4 is 27.6 Å². The maximum Gasteiger partial charge on any atom is 0.136 e. The molecule has 0 aliphatic heterocycles. The summed E-state index contributed by atoms with van der Waals surface area (Å²) in [5, 5.41) is 2.31. The van der Waals surface area contributed by atoms with Crippen LogP contribution in [0.3, 0.4) is 0 Å². The average molecular weight is 335 g/mol. The molecule has 1 heterocycles. The molecule has 1 aromatic heterocycles. The van der Waals surface area contributed by atoms with Gasteiger partial charge in [0.25, 0.3) is 0 Å². The summed E-state index contributed by atoms with van der Waals surface area (Å²) in [5.41, 5.74) is 13.1. The third-order valence-corrected chi connectivity index (χ3v) is 4.82. The van der Waals surface area contributed by atoms with Gasteiger partial charge in [0, 0.05) is 16.5 Å². The van der Waals surface area contributed by atoms with Crippen LogP contribution in [-0.2, 0) is 0 Å². The second kappa shape index (κ2) is 5.78. The predicted octanol–water partition coefficient (Wildman–Crippen LogP) is 6.50. The minimum atomic E-state index is 0.777. The summed E-state index contributed by atoms with van der Waals surface area (Å²) in [5.74, 6) is 0. The van der Waals surface area contributed by atoms with E-state index in [0.29, 0.717) is 0 Å². The molecule has 2 heteroatoms. The molecule has 2 N–H and O–H groups in total. The molecular formula is C24H17NO. The van der Waals surface area contributed by atoms with Crippen molar-refractivity contribution in [2.75, 3.05) is 5.73 Å². The number of hydrogen-bond acceptors (Lipinski definition) is 2. The fraction of sp³-hybridized carbons (Fsp3) is 0. The quantitative estimate of drug-likeness (QED) is 0.374. The molecule has 0 unspecified atom stereocenters. The van der Waals surface area contributed by atoms with Crippen molar-refractivity contribution in [3.8, 4) is 22.3 Å². The van der Waals surface area contributed by atoms with E-state index in [1.807, 2.05) is 30.3 Å². The summed E-state index contributed by atoms with van der Waals surface area (Å²) in [6, 6.07) is 31.0. The molecule has 26 heavy (non-hydrogen) atoms. The summed E-state index contributed by atoms with van der Waals surface area (Å²) in [7, 11) is 0. The zero-order chi connectivity index (χ0) is 17.5. The fourth-order valence-corrected chi connectivity index (χ4v) is 3.56. The van der Waals surface area contributed by atoms with Crippen LogP contribution in [0.15, 0.2) is 95.4 Å². The van der Waals surface area contributed by atoms with Crippen molar-refractivity contribution in [3.05, 3.63) is 91.0 Å². The summed E-state index contributed by atoms with van der Waals surface area (Å²) in [6.45, 7) is 0. The lowest BCUT2D eigenvalue weighted by atomic mass is 9.96. The number of rotatable bonds is 2. The molecule has 124 valence electrons. The van der Waals surface area contributed by atoms with E-state index in [4.69, 9.17) is 10.2 Å². The van der Waals surface area contributed by atoms with Gasteiger partial charge < -0.3 is 10.2 Å². The van der Waals surface area contributed by atoms with Gasteiger partial charge in [-0.2, -0.15) is 0 Å². The van der Waals surface area contributed by atoms with E-state index in [1.165, 1.54) is 16.7 Å². The zero-order valence-corrected chi connectivity index (χ0v) is 14.1. The first-order valence-corrected chi connectivity index (χ1v) is 8.66. The highest BCUT2D eigenvalue weighted by Crippen LogP contribution is 2.37. The Morgan fingerprint density at radius 2 is 1.31 bits per heavy atom. The number of furan rings is 1. The summed E-state index contributed by atoms with van der Waals surface area (Å²) >= 11 is 0. The molecular weight excluding hydrogens is 318 g/mol. The monoisotopic (exact) mass is 335 g/mol. The first-order chi connectivity index (χ1) is 12.8. The minimum absolute atomic E-state index is 0.777. The SMILES string of the molecule is Nc1ccc(-c2cccc(-c3cccc4oc5ccccc5c34)c2)cc1. The number of para-hydroxylation sites is 1. The topological polar surface area (TPSA) is 39.2 Å². The molecule has 2 nitrogen and oxygen atoms in total. The van der Waals surface area contributed by atoms with Gasteiger partial charge in [-0.1, -0.05) is 60.7 Å². The van der Waals surface area contributed by atoms with Gasteiger partial charge >= 0.3 is 0 Å². The van der Waals surface area contributed by atoms with Gasteiger partial charge in [-0.3, -0.25) is 0 Å². The number of nitrogens with two attached hydrogens (primary N) is 1. The van der Waals surface area contributed by atoms with Crippen LogP contribution < -0.4 is 5.73 Å². The van der Waals surface area contributed by atoms with Crippen molar-refractivity contribution in [3.63, 3.8) is 0 Å². The highest BCUT2D eigenvalue weighted by molar-refractivity contribution is 6.12. The van der Waals surface area contributed by atoms with Crippen LogP contribution in [0.25, 0.3) is 44.2 Å². The van der Waals surface area contributed by atoms with Crippen LogP contribution in [0.5, 0.6) is 0 Å². The molecule has 4 aromatic carbocycles. The van der Waals surface area contributed by atoms with E-state index >= 15 is 0 Å². The van der Waals surface area contributed by atoms with E-state index < -0.39 is 0 Å². The van der Waals surface area contributed by atoms with E-state index in [-0.39, 0.29) is 0 Å². The molecule has 0 amide bonds. The smallest absolute Gasteiger partial charge is 0.136 e. The van der Waals surface area contributed by atoms with Crippen LogP contribution in [0, 0.1) is 0 Å². The molecule has 0 aliphatic rings. The number of fused-ring (bicyclic) bond motifs is 3. The number of hydrogen-bond donors (Lipinski definition) is 1. The molecule has 5 aromatic rings. The molecule has 0 aliphatic carbocycles. The van der Waals surface area contributed by atoms with Gasteiger partial charge in [-0.15, -0.1) is 0 Å². The highest BCUT2D eigenvalue weighted by atomic mass is 16.3. The Morgan fingerprint density at radius 1 is 0.577 bits per heavy atom. The van der Waals surface area contributed by atoms with Gasteiger partial charge in [0.1, 0.15) is 11.2 Å². The van der Waals surface area contributed by atoms with E-state index in [9.17, 15) is 0 Å². The number of nitrogen functional groups attached to an aromatic ring is 1. The van der Waals surface area contributed by atoms with Gasteiger partial charge in [0.15, 0.2) is 0 Å². The summed E-state index contributed by atoms with van der Waals surface area (Å²) < 4.78 is 6.03. The van der Waals surface area contributed by atoms with E-state index in [2.05, 4.69) is 60.7 Å². The molecule has 0 spiro atoms. The Kier molecular flexibility index (Phi) is 3.29. The molecule has 0 fully saturated rings. The second-order valence-corrected chi connectivity index (χ2v) is 6.48. The first-order valence-electron chi connectivity index (χ1n) is 8.66.